The highest BCUT2D eigenvalue weighted by Gasteiger charge is 2.14. The standard InChI is InChI=1S/C14H17N5O2/c1-21-13(20)12-8-17-19(10-12)9-11-6-15-14(16-7-11)18-4-2-3-5-18/h6-8,10H,2-5,9H2,1H3. The Balaban J connectivity index is 1.67. The van der Waals surface area contributed by atoms with Crippen molar-refractivity contribution in [2.45, 2.75) is 19.4 Å². The Morgan fingerprint density at radius 2 is 1.95 bits per heavy atom. The molecule has 3 rings (SSSR count). The lowest BCUT2D eigenvalue weighted by Gasteiger charge is -2.14. The van der Waals surface area contributed by atoms with Crippen LogP contribution < -0.4 is 4.90 Å². The molecule has 0 saturated carbocycles. The fourth-order valence-corrected chi connectivity index (χ4v) is 2.37. The Hall–Kier alpha value is -2.44. The number of ether oxygens (including phenoxy) is 1. The first-order valence-corrected chi connectivity index (χ1v) is 6.93. The summed E-state index contributed by atoms with van der Waals surface area (Å²) in [5.41, 5.74) is 1.38. The third-order valence-corrected chi connectivity index (χ3v) is 3.48. The predicted molar refractivity (Wildman–Crippen MR) is 76.1 cm³/mol. The van der Waals surface area contributed by atoms with Crippen LogP contribution in [0.1, 0.15) is 28.8 Å². The van der Waals surface area contributed by atoms with Crippen LogP contribution in [0.5, 0.6) is 0 Å². The summed E-state index contributed by atoms with van der Waals surface area (Å²) in [5, 5.41) is 4.13. The SMILES string of the molecule is COC(=O)c1cnn(Cc2cnc(N3CCCC3)nc2)c1. The van der Waals surface area contributed by atoms with Crippen molar-refractivity contribution in [3.05, 3.63) is 35.9 Å². The summed E-state index contributed by atoms with van der Waals surface area (Å²) in [6.07, 6.45) is 9.16. The number of methoxy groups -OCH3 is 1. The Morgan fingerprint density at radius 3 is 2.62 bits per heavy atom. The van der Waals surface area contributed by atoms with Crippen molar-refractivity contribution in [1.82, 2.24) is 19.7 Å². The highest BCUT2D eigenvalue weighted by atomic mass is 16.5. The molecule has 2 aromatic rings. The van der Waals surface area contributed by atoms with Crippen molar-refractivity contribution in [3.63, 3.8) is 0 Å². The van der Waals surface area contributed by atoms with Gasteiger partial charge >= 0.3 is 5.97 Å². The molecule has 7 nitrogen and oxygen atoms in total. The van der Waals surface area contributed by atoms with Gasteiger partial charge in [0.1, 0.15) is 0 Å². The fourth-order valence-electron chi connectivity index (χ4n) is 2.37. The summed E-state index contributed by atoms with van der Waals surface area (Å²) < 4.78 is 6.32. The molecule has 0 aliphatic carbocycles. The van der Waals surface area contributed by atoms with Gasteiger partial charge in [0.05, 0.1) is 25.4 Å². The van der Waals surface area contributed by atoms with Gasteiger partial charge < -0.3 is 9.64 Å². The van der Waals surface area contributed by atoms with Crippen molar-refractivity contribution in [2.75, 3.05) is 25.1 Å². The van der Waals surface area contributed by atoms with Crippen LogP contribution in [-0.2, 0) is 11.3 Å². The molecule has 0 atom stereocenters. The summed E-state index contributed by atoms with van der Waals surface area (Å²) >= 11 is 0. The second kappa shape index (κ2) is 5.90. The van der Waals surface area contributed by atoms with Gasteiger partial charge in [0.15, 0.2) is 0 Å². The minimum atomic E-state index is -0.387. The highest BCUT2D eigenvalue weighted by Crippen LogP contribution is 2.15. The summed E-state index contributed by atoms with van der Waals surface area (Å²) in [6, 6.07) is 0. The Morgan fingerprint density at radius 1 is 1.24 bits per heavy atom. The molecular formula is C14H17N5O2. The van der Waals surface area contributed by atoms with E-state index in [0.29, 0.717) is 12.1 Å². The lowest BCUT2D eigenvalue weighted by atomic mass is 10.3. The maximum absolute atomic E-state index is 11.4. The van der Waals surface area contributed by atoms with Crippen molar-refractivity contribution >= 4 is 11.9 Å². The Labute approximate surface area is 122 Å². The smallest absolute Gasteiger partial charge is 0.341 e. The molecule has 1 aliphatic heterocycles. The van der Waals surface area contributed by atoms with Crippen LogP contribution in [0.2, 0.25) is 0 Å². The number of hydrogen-bond acceptors (Lipinski definition) is 6. The van der Waals surface area contributed by atoms with Crippen LogP contribution in [0, 0.1) is 0 Å². The normalized spacial score (nSPS) is 14.4. The maximum Gasteiger partial charge on any atom is 0.341 e. The Kier molecular flexibility index (Phi) is 3.81. The van der Waals surface area contributed by atoms with Gasteiger partial charge in [-0.15, -0.1) is 0 Å². The molecule has 0 amide bonds. The lowest BCUT2D eigenvalue weighted by Crippen LogP contribution is -2.20. The average Bonchev–Trinajstić information content (AvgIpc) is 3.18. The van der Waals surface area contributed by atoms with E-state index in [-0.39, 0.29) is 5.97 Å². The van der Waals surface area contributed by atoms with Crippen molar-refractivity contribution in [3.8, 4) is 0 Å². The first kappa shape index (κ1) is 13.5. The monoisotopic (exact) mass is 287 g/mol. The van der Waals surface area contributed by atoms with Gasteiger partial charge in [-0.05, 0) is 12.8 Å². The second-order valence-corrected chi connectivity index (χ2v) is 5.00. The first-order valence-electron chi connectivity index (χ1n) is 6.93. The molecular weight excluding hydrogens is 270 g/mol. The first-order chi connectivity index (χ1) is 10.3. The molecule has 0 radical (unpaired) electrons. The van der Waals surface area contributed by atoms with Crippen molar-refractivity contribution in [2.24, 2.45) is 0 Å². The average molecular weight is 287 g/mol. The molecule has 21 heavy (non-hydrogen) atoms. The molecule has 3 heterocycles. The van der Waals surface area contributed by atoms with E-state index in [9.17, 15) is 4.79 Å². The van der Waals surface area contributed by atoms with Crippen LogP contribution in [0.4, 0.5) is 5.95 Å². The van der Waals surface area contributed by atoms with E-state index in [4.69, 9.17) is 0 Å². The van der Waals surface area contributed by atoms with Crippen LogP contribution in [-0.4, -0.2) is 45.9 Å². The number of nitrogens with zero attached hydrogens (tertiary/aromatic N) is 5. The number of carbonyl (C=O) groups excluding carboxylic acids is 1. The fraction of sp³-hybridized carbons (Fsp3) is 0.429. The minimum Gasteiger partial charge on any atom is -0.465 e. The topological polar surface area (TPSA) is 73.1 Å². The Bertz CT molecular complexity index is 617. The zero-order valence-electron chi connectivity index (χ0n) is 11.9. The van der Waals surface area contributed by atoms with Crippen LogP contribution in [0.25, 0.3) is 0 Å². The lowest BCUT2D eigenvalue weighted by molar-refractivity contribution is 0.0600. The number of carbonyl (C=O) groups is 1. The summed E-state index contributed by atoms with van der Waals surface area (Å²) in [6.45, 7) is 2.58. The zero-order valence-corrected chi connectivity index (χ0v) is 11.9. The van der Waals surface area contributed by atoms with Crippen LogP contribution >= 0.6 is 0 Å². The third-order valence-electron chi connectivity index (χ3n) is 3.48. The van der Waals surface area contributed by atoms with E-state index in [2.05, 4.69) is 24.7 Å². The van der Waals surface area contributed by atoms with E-state index < -0.39 is 0 Å². The zero-order chi connectivity index (χ0) is 14.7. The number of esters is 1. The van der Waals surface area contributed by atoms with Crippen LogP contribution in [0.3, 0.4) is 0 Å². The molecule has 0 bridgehead atoms. The van der Waals surface area contributed by atoms with Gasteiger partial charge in [-0.1, -0.05) is 0 Å². The summed E-state index contributed by atoms with van der Waals surface area (Å²) in [4.78, 5) is 22.3. The number of anilines is 1. The highest BCUT2D eigenvalue weighted by molar-refractivity contribution is 5.88. The molecule has 2 aromatic heterocycles. The van der Waals surface area contributed by atoms with Crippen molar-refractivity contribution < 1.29 is 9.53 Å². The number of hydrogen-bond donors (Lipinski definition) is 0. The number of rotatable bonds is 4. The van der Waals surface area contributed by atoms with Gasteiger partial charge in [0.25, 0.3) is 0 Å². The largest absolute Gasteiger partial charge is 0.465 e. The molecule has 0 spiro atoms. The maximum atomic E-state index is 11.4. The quantitative estimate of drug-likeness (QED) is 0.784. The van der Waals surface area contributed by atoms with E-state index in [1.54, 1.807) is 23.3 Å². The minimum absolute atomic E-state index is 0.387. The van der Waals surface area contributed by atoms with Gasteiger partial charge in [0.2, 0.25) is 5.95 Å². The van der Waals surface area contributed by atoms with E-state index >= 15 is 0 Å². The van der Waals surface area contributed by atoms with E-state index in [1.807, 2.05) is 0 Å². The van der Waals surface area contributed by atoms with Gasteiger partial charge in [-0.25, -0.2) is 14.8 Å². The molecule has 1 saturated heterocycles. The predicted octanol–water partition coefficient (Wildman–Crippen LogP) is 1.11. The number of aromatic nitrogens is 4. The molecule has 7 heteroatoms. The van der Waals surface area contributed by atoms with Gasteiger partial charge in [-0.2, -0.15) is 5.10 Å². The molecule has 0 unspecified atom stereocenters. The summed E-state index contributed by atoms with van der Waals surface area (Å²) in [7, 11) is 1.35. The van der Waals surface area contributed by atoms with Crippen molar-refractivity contribution in [1.29, 1.82) is 0 Å². The van der Waals surface area contributed by atoms with Gasteiger partial charge in [0, 0.05) is 37.2 Å². The molecule has 0 aromatic carbocycles. The molecule has 0 N–H and O–H groups in total. The molecule has 110 valence electrons. The van der Waals surface area contributed by atoms with E-state index in [1.165, 1.54) is 26.1 Å². The van der Waals surface area contributed by atoms with Gasteiger partial charge in [-0.3, -0.25) is 4.68 Å². The molecule has 1 fully saturated rings. The van der Waals surface area contributed by atoms with Crippen LogP contribution in [0.15, 0.2) is 24.8 Å². The third kappa shape index (κ3) is 3.01. The second-order valence-electron chi connectivity index (χ2n) is 5.00. The molecule has 1 aliphatic rings. The van der Waals surface area contributed by atoms with E-state index in [0.717, 1.165) is 24.6 Å². The summed E-state index contributed by atoms with van der Waals surface area (Å²) in [5.74, 6) is 0.397.